The predicted octanol–water partition coefficient (Wildman–Crippen LogP) is -0.523. The number of nitrogens with two attached hydrogens (primary N) is 1. The molecule has 0 bridgehead atoms. The van der Waals surface area contributed by atoms with Gasteiger partial charge in [-0.25, -0.2) is 0 Å². The molecule has 2 amide bonds. The molecule has 0 aromatic heterocycles. The van der Waals surface area contributed by atoms with Gasteiger partial charge in [-0.1, -0.05) is 6.92 Å². The van der Waals surface area contributed by atoms with Gasteiger partial charge in [0.05, 0.1) is 19.1 Å². The van der Waals surface area contributed by atoms with Gasteiger partial charge in [0.1, 0.15) is 0 Å². The number of ether oxygens (including phenoxy) is 1. The van der Waals surface area contributed by atoms with Gasteiger partial charge in [-0.3, -0.25) is 9.59 Å². The summed E-state index contributed by atoms with van der Waals surface area (Å²) in [5.74, 6) is -0.0111. The van der Waals surface area contributed by atoms with Crippen molar-refractivity contribution in [3.63, 3.8) is 0 Å². The molecule has 0 saturated carbocycles. The molecule has 0 aromatic rings. The monoisotopic (exact) mass is 269 g/mol. The smallest absolute Gasteiger partial charge is 0.229 e. The lowest BCUT2D eigenvalue weighted by Crippen LogP contribution is -2.50. The summed E-state index contributed by atoms with van der Waals surface area (Å²) in [7, 11) is 0. The van der Waals surface area contributed by atoms with E-state index in [0.29, 0.717) is 32.7 Å². The Kier molecular flexibility index (Phi) is 4.76. The van der Waals surface area contributed by atoms with Crippen LogP contribution in [0.1, 0.15) is 26.2 Å². The maximum atomic E-state index is 12.3. The number of hydrogen-bond donors (Lipinski definition) is 2. The molecule has 2 atom stereocenters. The Bertz CT molecular complexity index is 340. The van der Waals surface area contributed by atoms with Crippen LogP contribution in [0.15, 0.2) is 0 Å². The van der Waals surface area contributed by atoms with Crippen molar-refractivity contribution in [1.82, 2.24) is 10.2 Å². The quantitative estimate of drug-likeness (QED) is 0.722. The number of nitrogens with one attached hydrogen (secondary N) is 1. The minimum atomic E-state index is -0.193. The summed E-state index contributed by atoms with van der Waals surface area (Å²) < 4.78 is 5.24. The van der Waals surface area contributed by atoms with Crippen LogP contribution < -0.4 is 11.1 Å². The van der Waals surface area contributed by atoms with Gasteiger partial charge in [-0.05, 0) is 12.8 Å². The van der Waals surface area contributed by atoms with Crippen LogP contribution in [0.4, 0.5) is 0 Å². The first-order valence-corrected chi connectivity index (χ1v) is 7.03. The lowest BCUT2D eigenvalue weighted by Gasteiger charge is -2.34. The molecule has 6 nitrogen and oxygen atoms in total. The number of hydrogen-bond acceptors (Lipinski definition) is 4. The van der Waals surface area contributed by atoms with Crippen molar-refractivity contribution in [3.8, 4) is 0 Å². The van der Waals surface area contributed by atoms with E-state index in [9.17, 15) is 9.59 Å². The van der Waals surface area contributed by atoms with Gasteiger partial charge >= 0.3 is 0 Å². The van der Waals surface area contributed by atoms with E-state index >= 15 is 0 Å². The molecule has 0 radical (unpaired) electrons. The van der Waals surface area contributed by atoms with Crippen molar-refractivity contribution in [2.75, 3.05) is 26.3 Å². The first-order valence-electron chi connectivity index (χ1n) is 7.03. The highest BCUT2D eigenvalue weighted by Crippen LogP contribution is 2.18. The Morgan fingerprint density at radius 2 is 2.00 bits per heavy atom. The average molecular weight is 269 g/mol. The number of carbonyl (C=O) groups excluding carboxylic acids is 2. The highest BCUT2D eigenvalue weighted by atomic mass is 16.5. The van der Waals surface area contributed by atoms with E-state index in [1.807, 2.05) is 11.8 Å². The van der Waals surface area contributed by atoms with Gasteiger partial charge in [-0.2, -0.15) is 0 Å². The molecule has 2 aliphatic heterocycles. The summed E-state index contributed by atoms with van der Waals surface area (Å²) in [4.78, 5) is 25.5. The number of nitrogens with zero attached hydrogens (tertiary/aromatic N) is 1. The molecule has 0 spiro atoms. The lowest BCUT2D eigenvalue weighted by molar-refractivity contribution is -0.137. The predicted molar refractivity (Wildman–Crippen MR) is 70.3 cm³/mol. The standard InChI is InChI=1S/C13H23N3O3/c1-2-12(17)15-9-3-5-16(6-4-9)13(18)10-7-19-8-11(10)14/h9-11H,2-8,14H2,1H3,(H,15,17). The fourth-order valence-electron chi connectivity index (χ4n) is 2.63. The van der Waals surface area contributed by atoms with Crippen molar-refractivity contribution in [3.05, 3.63) is 0 Å². The second-order valence-corrected chi connectivity index (χ2v) is 5.33. The normalized spacial score (nSPS) is 28.4. The lowest BCUT2D eigenvalue weighted by atomic mass is 9.99. The van der Waals surface area contributed by atoms with E-state index < -0.39 is 0 Å². The van der Waals surface area contributed by atoms with Crippen molar-refractivity contribution < 1.29 is 14.3 Å². The summed E-state index contributed by atoms with van der Waals surface area (Å²) in [6.07, 6.45) is 2.15. The zero-order valence-electron chi connectivity index (χ0n) is 11.4. The molecule has 2 aliphatic rings. The minimum Gasteiger partial charge on any atom is -0.379 e. The number of likely N-dealkylation sites (tertiary alicyclic amines) is 1. The number of rotatable bonds is 3. The molecule has 19 heavy (non-hydrogen) atoms. The fraction of sp³-hybridized carbons (Fsp3) is 0.846. The van der Waals surface area contributed by atoms with Crippen molar-refractivity contribution in [2.45, 2.75) is 38.3 Å². The van der Waals surface area contributed by atoms with E-state index in [2.05, 4.69) is 5.32 Å². The molecule has 0 aliphatic carbocycles. The van der Waals surface area contributed by atoms with Gasteiger partial charge in [0.25, 0.3) is 0 Å². The third-order valence-corrected chi connectivity index (χ3v) is 3.93. The summed E-state index contributed by atoms with van der Waals surface area (Å²) in [5, 5.41) is 2.98. The summed E-state index contributed by atoms with van der Waals surface area (Å²) in [5.41, 5.74) is 5.87. The Hall–Kier alpha value is -1.14. The summed E-state index contributed by atoms with van der Waals surface area (Å²) in [6.45, 7) is 4.13. The largest absolute Gasteiger partial charge is 0.379 e. The second-order valence-electron chi connectivity index (χ2n) is 5.33. The highest BCUT2D eigenvalue weighted by molar-refractivity contribution is 5.80. The Balaban J connectivity index is 1.79. The van der Waals surface area contributed by atoms with E-state index in [-0.39, 0.29) is 29.8 Å². The van der Waals surface area contributed by atoms with Crippen LogP contribution in [0.5, 0.6) is 0 Å². The zero-order chi connectivity index (χ0) is 13.8. The maximum absolute atomic E-state index is 12.3. The maximum Gasteiger partial charge on any atom is 0.229 e. The van der Waals surface area contributed by atoms with Crippen LogP contribution >= 0.6 is 0 Å². The van der Waals surface area contributed by atoms with Gasteiger partial charge in [0.2, 0.25) is 11.8 Å². The van der Waals surface area contributed by atoms with Crippen molar-refractivity contribution >= 4 is 11.8 Å². The third kappa shape index (κ3) is 3.45. The van der Waals surface area contributed by atoms with Gasteiger partial charge in [0, 0.05) is 31.6 Å². The van der Waals surface area contributed by atoms with Gasteiger partial charge in [-0.15, -0.1) is 0 Å². The average Bonchev–Trinajstić information content (AvgIpc) is 2.85. The fourth-order valence-corrected chi connectivity index (χ4v) is 2.63. The molecule has 0 aromatic carbocycles. The van der Waals surface area contributed by atoms with Crippen LogP contribution in [0.2, 0.25) is 0 Å². The molecule has 2 unspecified atom stereocenters. The number of amides is 2. The topological polar surface area (TPSA) is 84.7 Å². The number of carbonyl (C=O) groups is 2. The number of piperidine rings is 1. The van der Waals surface area contributed by atoms with Crippen LogP contribution in [0.3, 0.4) is 0 Å². The molecule has 2 heterocycles. The molecule has 3 N–H and O–H groups in total. The molecular formula is C13H23N3O3. The van der Waals surface area contributed by atoms with E-state index in [4.69, 9.17) is 10.5 Å². The van der Waals surface area contributed by atoms with Crippen molar-refractivity contribution in [1.29, 1.82) is 0 Å². The highest BCUT2D eigenvalue weighted by Gasteiger charge is 2.35. The molecule has 2 saturated heterocycles. The minimum absolute atomic E-state index is 0.0796. The van der Waals surface area contributed by atoms with E-state index in [1.165, 1.54) is 0 Å². The molecule has 6 heteroatoms. The summed E-state index contributed by atoms with van der Waals surface area (Å²) in [6, 6.07) is 0.0232. The van der Waals surface area contributed by atoms with Crippen LogP contribution in [-0.4, -0.2) is 55.1 Å². The first kappa shape index (κ1) is 14.3. The molecule has 2 rings (SSSR count). The Morgan fingerprint density at radius 3 is 2.53 bits per heavy atom. The molecule has 2 fully saturated rings. The molecule has 108 valence electrons. The first-order chi connectivity index (χ1) is 9.11. The zero-order valence-corrected chi connectivity index (χ0v) is 11.4. The van der Waals surface area contributed by atoms with E-state index in [1.54, 1.807) is 0 Å². The molecular weight excluding hydrogens is 246 g/mol. The SMILES string of the molecule is CCC(=O)NC1CCN(C(=O)C2COCC2N)CC1. The van der Waals surface area contributed by atoms with Crippen LogP contribution in [-0.2, 0) is 14.3 Å². The summed E-state index contributed by atoms with van der Waals surface area (Å²) >= 11 is 0. The Morgan fingerprint density at radius 1 is 1.32 bits per heavy atom. The van der Waals surface area contributed by atoms with Crippen molar-refractivity contribution in [2.24, 2.45) is 11.7 Å². The van der Waals surface area contributed by atoms with E-state index in [0.717, 1.165) is 12.8 Å². The van der Waals surface area contributed by atoms with Crippen LogP contribution in [0, 0.1) is 5.92 Å². The van der Waals surface area contributed by atoms with Gasteiger partial charge < -0.3 is 20.7 Å². The second kappa shape index (κ2) is 6.34. The third-order valence-electron chi connectivity index (χ3n) is 3.93. The van der Waals surface area contributed by atoms with Crippen LogP contribution in [0.25, 0.3) is 0 Å². The Labute approximate surface area is 113 Å². The van der Waals surface area contributed by atoms with Gasteiger partial charge in [0.15, 0.2) is 0 Å².